The number of likely N-dealkylation sites (N-methyl/N-ethyl adjacent to an activating group) is 1. The van der Waals surface area contributed by atoms with E-state index in [2.05, 4.69) is 10.3 Å². The van der Waals surface area contributed by atoms with Crippen LogP contribution in [0.5, 0.6) is 0 Å². The van der Waals surface area contributed by atoms with Crippen LogP contribution in [0.3, 0.4) is 0 Å². The van der Waals surface area contributed by atoms with E-state index in [0.29, 0.717) is 47.3 Å². The Morgan fingerprint density at radius 2 is 1.86 bits per heavy atom. The Labute approximate surface area is 289 Å². The first-order valence-corrected chi connectivity index (χ1v) is 16.6. The summed E-state index contributed by atoms with van der Waals surface area (Å²) in [6.45, 7) is 3.14. The second-order valence-electron chi connectivity index (χ2n) is 13.2. The first-order valence-electron chi connectivity index (χ1n) is 16.6. The average molecular weight is 707 g/mol. The molecule has 2 atom stereocenters. The maximum Gasteiger partial charge on any atom is 0.417 e. The zero-order chi connectivity index (χ0) is 36.4. The minimum Gasteiger partial charge on any atom is -0.392 e. The van der Waals surface area contributed by atoms with Gasteiger partial charge in [0, 0.05) is 62.2 Å². The Bertz CT molecular complexity index is 2210. The molecular formula is C37H35F5N6O3. The van der Waals surface area contributed by atoms with E-state index < -0.39 is 46.9 Å². The number of aliphatic hydroxyl groups excluding tert-OH is 1. The molecule has 7 rings (SSSR count). The number of nitrogens with zero attached hydrogens (tertiary/aromatic N) is 5. The number of hydrogen-bond donors (Lipinski definition) is 2. The van der Waals surface area contributed by atoms with Crippen LogP contribution in [0.25, 0.3) is 27.7 Å². The molecule has 5 heterocycles. The summed E-state index contributed by atoms with van der Waals surface area (Å²) in [7, 11) is 3.32. The Kier molecular flexibility index (Phi) is 8.70. The van der Waals surface area contributed by atoms with Gasteiger partial charge in [0.25, 0.3) is 0 Å². The molecule has 266 valence electrons. The second-order valence-corrected chi connectivity index (χ2v) is 13.2. The molecule has 0 radical (unpaired) electrons. The summed E-state index contributed by atoms with van der Waals surface area (Å²) in [6, 6.07) is 7.34. The van der Waals surface area contributed by atoms with Crippen LogP contribution in [-0.4, -0.2) is 74.5 Å². The number of aryl methyl sites for hydroxylation is 1. The minimum absolute atomic E-state index is 0.0105. The highest BCUT2D eigenvalue weighted by molar-refractivity contribution is 6.11. The Morgan fingerprint density at radius 3 is 2.57 bits per heavy atom. The molecule has 1 saturated heterocycles. The van der Waals surface area contributed by atoms with Crippen molar-refractivity contribution in [3.63, 3.8) is 0 Å². The summed E-state index contributed by atoms with van der Waals surface area (Å²) in [4.78, 5) is 34.6. The number of carbonyl (C=O) groups excluding carboxylic acids is 2. The van der Waals surface area contributed by atoms with Gasteiger partial charge in [0.15, 0.2) is 0 Å². The van der Waals surface area contributed by atoms with Crippen molar-refractivity contribution in [1.29, 1.82) is 0 Å². The van der Waals surface area contributed by atoms with Crippen molar-refractivity contribution in [2.45, 2.75) is 44.5 Å². The van der Waals surface area contributed by atoms with E-state index in [4.69, 9.17) is 0 Å². The van der Waals surface area contributed by atoms with Gasteiger partial charge in [-0.3, -0.25) is 14.5 Å². The van der Waals surface area contributed by atoms with Gasteiger partial charge in [-0.1, -0.05) is 12.1 Å². The molecule has 2 aliphatic rings. The minimum atomic E-state index is -4.72. The predicted octanol–water partition coefficient (Wildman–Crippen LogP) is 6.35. The van der Waals surface area contributed by atoms with Crippen LogP contribution in [0.15, 0.2) is 61.1 Å². The normalized spacial score (nSPS) is 17.3. The van der Waals surface area contributed by atoms with Gasteiger partial charge in [0.2, 0.25) is 11.7 Å². The highest BCUT2D eigenvalue weighted by Crippen LogP contribution is 2.48. The van der Waals surface area contributed by atoms with Crippen LogP contribution in [0, 0.1) is 11.6 Å². The number of aromatic nitrogens is 3. The van der Waals surface area contributed by atoms with Gasteiger partial charge >= 0.3 is 6.18 Å². The molecule has 0 aliphatic carbocycles. The maximum atomic E-state index is 15.3. The SMILES string of the molecule is C[C@@H](O)[C@@H]1CCCN1C/C=C/C(=O)Nc1c(F)cc(C(=O)c2cc3c4c(cccn24)-c2c(C(F)(F)F)cc4c(ncn4C)c2N(C)CC3)cc1F. The quantitative estimate of drug-likeness (QED) is 0.116. The van der Waals surface area contributed by atoms with Crippen molar-refractivity contribution in [1.82, 2.24) is 18.9 Å². The summed E-state index contributed by atoms with van der Waals surface area (Å²) in [6.07, 6.45) is 2.56. The molecule has 2 aliphatic heterocycles. The number of likely N-dealkylation sites (tertiary alicyclic amines) is 1. The van der Waals surface area contributed by atoms with Crippen molar-refractivity contribution in [2.75, 3.05) is 36.9 Å². The molecule has 0 bridgehead atoms. The molecule has 9 nitrogen and oxygen atoms in total. The van der Waals surface area contributed by atoms with Gasteiger partial charge in [-0.2, -0.15) is 13.2 Å². The number of halogens is 5. The van der Waals surface area contributed by atoms with Crippen molar-refractivity contribution >= 4 is 39.6 Å². The molecule has 1 amide bonds. The van der Waals surface area contributed by atoms with Crippen molar-refractivity contribution < 1.29 is 36.6 Å². The molecule has 2 aromatic carbocycles. The number of anilines is 2. The van der Waals surface area contributed by atoms with Crippen LogP contribution in [0.4, 0.5) is 33.3 Å². The number of carbonyl (C=O) groups is 2. The number of imidazole rings is 1. The zero-order valence-electron chi connectivity index (χ0n) is 28.1. The lowest BCUT2D eigenvalue weighted by Gasteiger charge is -2.28. The fourth-order valence-electron chi connectivity index (χ4n) is 7.48. The van der Waals surface area contributed by atoms with Crippen LogP contribution < -0.4 is 10.2 Å². The highest BCUT2D eigenvalue weighted by Gasteiger charge is 2.39. The highest BCUT2D eigenvalue weighted by atomic mass is 19.4. The molecule has 0 saturated carbocycles. The van der Waals surface area contributed by atoms with Crippen LogP contribution in [0.2, 0.25) is 0 Å². The number of ketones is 1. The number of hydrogen-bond acceptors (Lipinski definition) is 6. The first-order chi connectivity index (χ1) is 24.2. The third-order valence-electron chi connectivity index (χ3n) is 9.90. The van der Waals surface area contributed by atoms with E-state index >= 15 is 8.78 Å². The lowest BCUT2D eigenvalue weighted by atomic mass is 9.92. The van der Waals surface area contributed by atoms with Gasteiger partial charge < -0.3 is 24.3 Å². The van der Waals surface area contributed by atoms with Crippen molar-refractivity contribution in [3.8, 4) is 11.1 Å². The number of aliphatic hydroxyl groups is 1. The third kappa shape index (κ3) is 6.05. The number of fused-ring (bicyclic) bond motifs is 4. The smallest absolute Gasteiger partial charge is 0.392 e. The number of pyridine rings is 1. The van der Waals surface area contributed by atoms with Crippen LogP contribution in [-0.2, 0) is 24.4 Å². The topological polar surface area (TPSA) is 95.1 Å². The summed E-state index contributed by atoms with van der Waals surface area (Å²) in [5.74, 6) is -3.87. The molecule has 0 unspecified atom stereocenters. The summed E-state index contributed by atoms with van der Waals surface area (Å²) >= 11 is 0. The van der Waals surface area contributed by atoms with Crippen molar-refractivity contribution in [3.05, 3.63) is 95.1 Å². The Balaban J connectivity index is 1.23. The van der Waals surface area contributed by atoms with Gasteiger partial charge in [-0.05, 0) is 68.6 Å². The number of nitrogens with one attached hydrogen (secondary N) is 1. The molecule has 2 N–H and O–H groups in total. The largest absolute Gasteiger partial charge is 0.417 e. The lowest BCUT2D eigenvalue weighted by Crippen LogP contribution is -2.37. The van der Waals surface area contributed by atoms with E-state index in [-0.39, 0.29) is 28.4 Å². The summed E-state index contributed by atoms with van der Waals surface area (Å²) in [5.41, 5.74) is 0.253. The van der Waals surface area contributed by atoms with E-state index in [1.807, 2.05) is 4.90 Å². The Morgan fingerprint density at radius 1 is 1.12 bits per heavy atom. The predicted molar refractivity (Wildman–Crippen MR) is 183 cm³/mol. The van der Waals surface area contributed by atoms with Crippen molar-refractivity contribution in [2.24, 2.45) is 7.05 Å². The molecular weight excluding hydrogens is 671 g/mol. The first kappa shape index (κ1) is 34.4. The van der Waals surface area contributed by atoms with E-state index in [0.717, 1.165) is 43.7 Å². The molecule has 3 aromatic heterocycles. The molecule has 14 heteroatoms. The fraction of sp³-hybridized carbons (Fsp3) is 0.324. The van der Waals surface area contributed by atoms with Gasteiger partial charge in [0.05, 0.1) is 40.4 Å². The second kappa shape index (κ2) is 12.9. The number of benzene rings is 2. The van der Waals surface area contributed by atoms with E-state index in [9.17, 15) is 27.9 Å². The number of alkyl halides is 3. The maximum absolute atomic E-state index is 15.3. The number of amides is 1. The van der Waals surface area contributed by atoms with Gasteiger partial charge in [-0.15, -0.1) is 0 Å². The molecule has 1 fully saturated rings. The van der Waals surface area contributed by atoms with Gasteiger partial charge in [-0.25, -0.2) is 13.8 Å². The monoisotopic (exact) mass is 706 g/mol. The number of rotatable bonds is 7. The van der Waals surface area contributed by atoms with Gasteiger partial charge in [0.1, 0.15) is 22.8 Å². The van der Waals surface area contributed by atoms with Crippen LogP contribution >= 0.6 is 0 Å². The lowest BCUT2D eigenvalue weighted by molar-refractivity contribution is -0.137. The molecule has 5 aromatic rings. The molecule has 51 heavy (non-hydrogen) atoms. The van der Waals surface area contributed by atoms with Crippen LogP contribution in [0.1, 0.15) is 46.9 Å². The fourth-order valence-corrected chi connectivity index (χ4v) is 7.48. The zero-order valence-corrected chi connectivity index (χ0v) is 28.1. The standard InChI is InChI=1S/C37H35F5N6O3/c1-20(49)27-8-5-11-47(27)12-6-9-30(50)44-32-25(38)15-22(16-26(32)39)36(51)29-17-21-10-14-45(2)35-31(23-7-4-13-48(29)34(21)23)24(37(40,41)42)18-28-33(35)43-19-46(28)3/h4,6-7,9,13,15-20,27,49H,5,8,10-12,14H2,1-3H3,(H,44,50)/b9-6+/t20-,27+/m1/s1. The molecule has 0 spiro atoms. The Hall–Kier alpha value is -5.08. The van der Waals surface area contributed by atoms with E-state index in [1.54, 1.807) is 44.1 Å². The summed E-state index contributed by atoms with van der Waals surface area (Å²) < 4.78 is 77.9. The average Bonchev–Trinajstić information content (AvgIpc) is 3.80. The summed E-state index contributed by atoms with van der Waals surface area (Å²) in [5, 5.41) is 12.1. The third-order valence-corrected chi connectivity index (χ3v) is 9.90. The van der Waals surface area contributed by atoms with E-state index in [1.165, 1.54) is 27.6 Å².